The van der Waals surface area contributed by atoms with E-state index in [2.05, 4.69) is 11.9 Å². The zero-order valence-corrected chi connectivity index (χ0v) is 14.9. The Balaban J connectivity index is 4.70. The molecule has 0 bridgehead atoms. The second kappa shape index (κ2) is 10.3. The normalized spacial score (nSPS) is 13.1. The van der Waals surface area contributed by atoms with Gasteiger partial charge in [0, 0.05) is 12.5 Å². The van der Waals surface area contributed by atoms with Gasteiger partial charge in [0.05, 0.1) is 0 Å². The van der Waals surface area contributed by atoms with E-state index in [1.165, 1.54) is 6.92 Å². The number of carbonyl (C=O) groups excluding carboxylic acids is 3. The molecule has 2 N–H and O–H groups in total. The summed E-state index contributed by atoms with van der Waals surface area (Å²) in [6.07, 6.45) is -1.15. The lowest BCUT2D eigenvalue weighted by molar-refractivity contribution is -0.156. The zero-order valence-electron chi connectivity index (χ0n) is 14.9. The van der Waals surface area contributed by atoms with Gasteiger partial charge in [0.1, 0.15) is 24.4 Å². The van der Waals surface area contributed by atoms with Crippen LogP contribution in [0.2, 0.25) is 0 Å². The van der Waals surface area contributed by atoms with Crippen LogP contribution in [-0.4, -0.2) is 53.5 Å². The summed E-state index contributed by atoms with van der Waals surface area (Å²) in [5.41, 5.74) is -0.779. The van der Waals surface area contributed by atoms with Gasteiger partial charge in [-0.15, -0.1) is 0 Å². The van der Waals surface area contributed by atoms with Gasteiger partial charge in [0.2, 0.25) is 0 Å². The molecule has 0 aromatic carbocycles. The number of carboxylic acids is 1. The summed E-state index contributed by atoms with van der Waals surface area (Å²) in [5.74, 6) is -2.65. The van der Waals surface area contributed by atoms with E-state index in [4.69, 9.17) is 19.3 Å². The number of alkyl carbamates (subject to hydrolysis) is 1. The number of aliphatic carboxylic acids is 1. The Morgan fingerprint density at radius 1 is 1.24 bits per heavy atom. The van der Waals surface area contributed by atoms with Crippen LogP contribution >= 0.6 is 0 Å². The molecule has 0 aromatic heterocycles. The van der Waals surface area contributed by atoms with Crippen LogP contribution < -0.4 is 5.32 Å². The van der Waals surface area contributed by atoms with Crippen molar-refractivity contribution >= 4 is 24.0 Å². The number of ether oxygens (including phenoxy) is 3. The van der Waals surface area contributed by atoms with Gasteiger partial charge in [-0.25, -0.2) is 14.4 Å². The molecule has 1 unspecified atom stereocenters. The molecule has 9 heteroatoms. The van der Waals surface area contributed by atoms with E-state index < -0.39 is 41.7 Å². The lowest BCUT2D eigenvalue weighted by Gasteiger charge is -2.23. The topological polar surface area (TPSA) is 128 Å². The van der Waals surface area contributed by atoms with Crippen LogP contribution in [-0.2, 0) is 28.6 Å². The average Bonchev–Trinajstić information content (AvgIpc) is 2.46. The van der Waals surface area contributed by atoms with Gasteiger partial charge < -0.3 is 24.6 Å². The minimum Gasteiger partial charge on any atom is -0.481 e. The number of amides is 1. The molecular formula is C16H25NO8. The third-order valence-corrected chi connectivity index (χ3v) is 2.57. The number of carbonyl (C=O) groups is 4. The number of hydrogen-bond donors (Lipinski definition) is 2. The van der Waals surface area contributed by atoms with E-state index in [0.717, 1.165) is 6.08 Å². The molecule has 0 rings (SSSR count). The first-order valence-corrected chi connectivity index (χ1v) is 7.65. The molecule has 0 aliphatic rings. The summed E-state index contributed by atoms with van der Waals surface area (Å²) in [7, 11) is 0. The fourth-order valence-electron chi connectivity index (χ4n) is 1.55. The van der Waals surface area contributed by atoms with Crippen molar-refractivity contribution < 1.29 is 38.5 Å². The highest BCUT2D eigenvalue weighted by Gasteiger charge is 2.26. The van der Waals surface area contributed by atoms with E-state index in [1.807, 2.05) is 0 Å². The number of carboxylic acid groups (broad SMARTS) is 1. The zero-order chi connectivity index (χ0) is 19.6. The second-order valence-electron chi connectivity index (χ2n) is 6.21. The third-order valence-electron chi connectivity index (χ3n) is 2.57. The first-order valence-electron chi connectivity index (χ1n) is 7.65. The molecule has 2 atom stereocenters. The van der Waals surface area contributed by atoms with E-state index in [-0.39, 0.29) is 19.4 Å². The van der Waals surface area contributed by atoms with Crippen molar-refractivity contribution in [2.24, 2.45) is 0 Å². The monoisotopic (exact) mass is 359 g/mol. The molecular weight excluding hydrogens is 334 g/mol. The number of nitrogens with one attached hydrogen (secondary N) is 1. The highest BCUT2D eigenvalue weighted by molar-refractivity contribution is 5.82. The fraction of sp³-hybridized carbons (Fsp3) is 0.625. The van der Waals surface area contributed by atoms with Crippen molar-refractivity contribution in [3.63, 3.8) is 0 Å². The molecule has 0 heterocycles. The standard InChI is InChI=1S/C16H25NO8/c1-6-13(20)24-10(2)9-23-14(21)11(7-8-12(18)19)17-15(22)25-16(3,4)5/h6,10-11H,1,7-9H2,2-5H3,(H,17,22)(H,18,19)/t10?,11-/m0/s1. The molecule has 0 aliphatic heterocycles. The predicted octanol–water partition coefficient (Wildman–Crippen LogP) is 1.41. The molecule has 0 fully saturated rings. The average molecular weight is 359 g/mol. The Hall–Kier alpha value is -2.58. The summed E-state index contributed by atoms with van der Waals surface area (Å²) in [4.78, 5) is 45.6. The first-order chi connectivity index (χ1) is 11.4. The molecule has 0 aliphatic carbocycles. The van der Waals surface area contributed by atoms with Gasteiger partial charge in [0.25, 0.3) is 0 Å². The summed E-state index contributed by atoms with van der Waals surface area (Å²) >= 11 is 0. The van der Waals surface area contributed by atoms with Crippen molar-refractivity contribution in [2.75, 3.05) is 6.61 Å². The summed E-state index contributed by atoms with van der Waals surface area (Å²) < 4.78 is 14.8. The van der Waals surface area contributed by atoms with Crippen molar-refractivity contribution in [3.05, 3.63) is 12.7 Å². The summed E-state index contributed by atoms with van der Waals surface area (Å²) in [5, 5.41) is 11.0. The SMILES string of the molecule is C=CC(=O)OC(C)COC(=O)[C@H](CCC(=O)O)NC(=O)OC(C)(C)C. The van der Waals surface area contributed by atoms with Crippen LogP contribution in [0.5, 0.6) is 0 Å². The maximum atomic E-state index is 12.1. The Morgan fingerprint density at radius 2 is 1.84 bits per heavy atom. The van der Waals surface area contributed by atoms with Crippen molar-refractivity contribution in [2.45, 2.75) is 58.3 Å². The quantitative estimate of drug-likeness (QED) is 0.359. The lowest BCUT2D eigenvalue weighted by atomic mass is 10.1. The largest absolute Gasteiger partial charge is 0.481 e. The number of hydrogen-bond acceptors (Lipinski definition) is 7. The lowest BCUT2D eigenvalue weighted by Crippen LogP contribution is -2.45. The molecule has 1 amide bonds. The highest BCUT2D eigenvalue weighted by Crippen LogP contribution is 2.09. The molecule has 0 spiro atoms. The van der Waals surface area contributed by atoms with Gasteiger partial charge in [-0.3, -0.25) is 4.79 Å². The molecule has 0 saturated heterocycles. The molecule has 0 radical (unpaired) electrons. The van der Waals surface area contributed by atoms with Crippen LogP contribution in [0.15, 0.2) is 12.7 Å². The number of rotatable bonds is 9. The summed E-state index contributed by atoms with van der Waals surface area (Å²) in [6, 6.07) is -1.20. The number of esters is 2. The Labute approximate surface area is 146 Å². The van der Waals surface area contributed by atoms with Crippen LogP contribution in [0.25, 0.3) is 0 Å². The Morgan fingerprint density at radius 3 is 2.32 bits per heavy atom. The first kappa shape index (κ1) is 22.4. The van der Waals surface area contributed by atoms with Crippen LogP contribution in [0.3, 0.4) is 0 Å². The van der Waals surface area contributed by atoms with Crippen molar-refractivity contribution in [3.8, 4) is 0 Å². The predicted molar refractivity (Wildman–Crippen MR) is 86.7 cm³/mol. The molecule has 0 saturated carbocycles. The minimum absolute atomic E-state index is 0.172. The van der Waals surface area contributed by atoms with Crippen LogP contribution in [0.1, 0.15) is 40.5 Å². The molecule has 0 aromatic rings. The molecule has 9 nitrogen and oxygen atoms in total. The van der Waals surface area contributed by atoms with Crippen molar-refractivity contribution in [1.82, 2.24) is 5.32 Å². The fourth-order valence-corrected chi connectivity index (χ4v) is 1.55. The van der Waals surface area contributed by atoms with Crippen LogP contribution in [0.4, 0.5) is 4.79 Å². The maximum absolute atomic E-state index is 12.1. The van der Waals surface area contributed by atoms with E-state index in [1.54, 1.807) is 20.8 Å². The molecule has 25 heavy (non-hydrogen) atoms. The van der Waals surface area contributed by atoms with Crippen LogP contribution in [0, 0.1) is 0 Å². The Kier molecular flexibility index (Phi) is 9.25. The smallest absolute Gasteiger partial charge is 0.408 e. The van der Waals surface area contributed by atoms with Gasteiger partial charge in [-0.05, 0) is 34.1 Å². The highest BCUT2D eigenvalue weighted by atomic mass is 16.6. The van der Waals surface area contributed by atoms with Crippen molar-refractivity contribution in [1.29, 1.82) is 0 Å². The maximum Gasteiger partial charge on any atom is 0.408 e. The third kappa shape index (κ3) is 11.6. The van der Waals surface area contributed by atoms with E-state index >= 15 is 0 Å². The van der Waals surface area contributed by atoms with E-state index in [0.29, 0.717) is 0 Å². The van der Waals surface area contributed by atoms with Gasteiger partial charge >= 0.3 is 24.0 Å². The van der Waals surface area contributed by atoms with Gasteiger partial charge in [0.15, 0.2) is 0 Å². The minimum atomic E-state index is -1.20. The van der Waals surface area contributed by atoms with Gasteiger partial charge in [-0.2, -0.15) is 0 Å². The Bertz CT molecular complexity index is 509. The molecule has 142 valence electrons. The summed E-state index contributed by atoms with van der Waals surface area (Å²) in [6.45, 7) is 9.43. The van der Waals surface area contributed by atoms with E-state index in [9.17, 15) is 19.2 Å². The van der Waals surface area contributed by atoms with Gasteiger partial charge in [-0.1, -0.05) is 6.58 Å². The second-order valence-corrected chi connectivity index (χ2v) is 6.21.